The lowest BCUT2D eigenvalue weighted by atomic mass is 9.80. The van der Waals surface area contributed by atoms with E-state index in [2.05, 4.69) is 17.5 Å². The van der Waals surface area contributed by atoms with E-state index in [0.717, 1.165) is 38.5 Å². The number of rotatable bonds is 0. The number of carbonyl (C=O) groups is 2. The van der Waals surface area contributed by atoms with Crippen LogP contribution >= 0.6 is 0 Å². The van der Waals surface area contributed by atoms with E-state index in [0.29, 0.717) is 12.8 Å². The summed E-state index contributed by atoms with van der Waals surface area (Å²) in [5.74, 6) is -1.09. The lowest BCUT2D eigenvalue weighted by Crippen LogP contribution is -2.37. The average molecular weight is 313 g/mol. The summed E-state index contributed by atoms with van der Waals surface area (Å²) in [4.78, 5) is 24.8. The summed E-state index contributed by atoms with van der Waals surface area (Å²) in [7, 11) is 0. The summed E-state index contributed by atoms with van der Waals surface area (Å²) in [5, 5.41) is 21.7. The van der Waals surface area contributed by atoms with Gasteiger partial charge in [0, 0.05) is 5.41 Å². The van der Waals surface area contributed by atoms with Gasteiger partial charge >= 0.3 is 0 Å². The van der Waals surface area contributed by atoms with Crippen molar-refractivity contribution in [3.63, 3.8) is 0 Å². The molecular weight excluding hydrogens is 290 g/mol. The molecule has 3 fully saturated rings. The van der Waals surface area contributed by atoms with E-state index in [4.69, 9.17) is 0 Å². The fraction of sp³-hybridized carbons (Fsp3) is 0.778. The van der Waals surface area contributed by atoms with Crippen molar-refractivity contribution in [1.29, 1.82) is 10.5 Å². The van der Waals surface area contributed by atoms with Gasteiger partial charge in [-0.05, 0) is 12.8 Å². The zero-order valence-corrected chi connectivity index (χ0v) is 13.5. The third-order valence-corrected chi connectivity index (χ3v) is 6.39. The molecule has 3 aliphatic rings. The molecule has 5 nitrogen and oxygen atoms in total. The Hall–Kier alpha value is -1.88. The number of nitrogens with zero attached hydrogens (tertiary/aromatic N) is 2. The first-order valence-corrected chi connectivity index (χ1v) is 8.81. The summed E-state index contributed by atoms with van der Waals surface area (Å²) in [6.07, 6.45) is 11.1. The van der Waals surface area contributed by atoms with Crippen molar-refractivity contribution in [2.24, 2.45) is 16.2 Å². The Kier molecular flexibility index (Phi) is 3.92. The molecule has 122 valence electrons. The van der Waals surface area contributed by atoms with E-state index in [1.807, 2.05) is 0 Å². The number of hydrogen-bond acceptors (Lipinski definition) is 4. The number of amides is 2. The topological polar surface area (TPSA) is 93.8 Å². The molecule has 23 heavy (non-hydrogen) atoms. The molecule has 1 heterocycles. The summed E-state index contributed by atoms with van der Waals surface area (Å²) < 4.78 is 0. The summed E-state index contributed by atoms with van der Waals surface area (Å²) in [6, 6.07) is 4.21. The molecule has 1 N–H and O–H groups in total. The van der Waals surface area contributed by atoms with Crippen LogP contribution in [0.15, 0.2) is 0 Å². The maximum atomic E-state index is 12.4. The number of nitriles is 2. The van der Waals surface area contributed by atoms with E-state index in [9.17, 15) is 20.1 Å². The van der Waals surface area contributed by atoms with Gasteiger partial charge in [0.1, 0.15) is 0 Å². The Bertz CT molecular complexity index is 563. The molecule has 2 saturated carbocycles. The second kappa shape index (κ2) is 5.64. The number of carbonyl (C=O) groups excluding carboxylic acids is 2. The zero-order chi connectivity index (χ0) is 16.6. The smallest absolute Gasteiger partial charge is 0.249 e. The first-order chi connectivity index (χ1) is 11.1. The normalized spacial score (nSPS) is 36.8. The molecule has 0 radical (unpaired) electrons. The lowest BCUT2D eigenvalue weighted by molar-refractivity contribution is -0.131. The van der Waals surface area contributed by atoms with Gasteiger partial charge < -0.3 is 0 Å². The average Bonchev–Trinajstić information content (AvgIpc) is 2.97. The van der Waals surface area contributed by atoms with Crippen LogP contribution < -0.4 is 5.32 Å². The van der Waals surface area contributed by atoms with Crippen LogP contribution in [0.25, 0.3) is 0 Å². The predicted octanol–water partition coefficient (Wildman–Crippen LogP) is 2.97. The van der Waals surface area contributed by atoms with Crippen LogP contribution in [-0.2, 0) is 9.59 Å². The maximum absolute atomic E-state index is 12.4. The van der Waals surface area contributed by atoms with Crippen molar-refractivity contribution >= 4 is 11.8 Å². The number of nitrogens with one attached hydrogen (secondary N) is 1. The molecule has 0 bridgehead atoms. The fourth-order valence-electron chi connectivity index (χ4n) is 5.21. The molecule has 0 aromatic heterocycles. The number of hydrogen-bond donors (Lipinski definition) is 1. The van der Waals surface area contributed by atoms with Crippen LogP contribution in [0.1, 0.15) is 70.6 Å². The van der Waals surface area contributed by atoms with Crippen molar-refractivity contribution < 1.29 is 9.59 Å². The maximum Gasteiger partial charge on any atom is 0.249 e. The number of fused-ring (bicyclic) bond motifs is 3. The first kappa shape index (κ1) is 16.0. The molecule has 3 rings (SSSR count). The highest BCUT2D eigenvalue weighted by Gasteiger charge is 2.97. The summed E-state index contributed by atoms with van der Waals surface area (Å²) in [5.41, 5.74) is -3.66. The van der Waals surface area contributed by atoms with Crippen molar-refractivity contribution in [1.82, 2.24) is 5.32 Å². The molecular formula is C18H23N3O2. The van der Waals surface area contributed by atoms with Gasteiger partial charge in [0.15, 0.2) is 10.8 Å². The van der Waals surface area contributed by atoms with Gasteiger partial charge in [0.25, 0.3) is 0 Å². The van der Waals surface area contributed by atoms with Crippen molar-refractivity contribution in [3.05, 3.63) is 0 Å². The molecule has 5 heteroatoms. The van der Waals surface area contributed by atoms with Crippen LogP contribution in [-0.4, -0.2) is 11.8 Å². The predicted molar refractivity (Wildman–Crippen MR) is 82.5 cm³/mol. The number of imide groups is 1. The van der Waals surface area contributed by atoms with Gasteiger partial charge in [0.2, 0.25) is 11.8 Å². The molecule has 0 unspecified atom stereocenters. The van der Waals surface area contributed by atoms with Gasteiger partial charge in [-0.3, -0.25) is 14.9 Å². The highest BCUT2D eigenvalue weighted by molar-refractivity contribution is 6.19. The minimum Gasteiger partial charge on any atom is -0.293 e. The monoisotopic (exact) mass is 313 g/mol. The number of piperidine rings is 1. The van der Waals surface area contributed by atoms with E-state index in [1.54, 1.807) is 0 Å². The summed E-state index contributed by atoms with van der Waals surface area (Å²) >= 11 is 0. The van der Waals surface area contributed by atoms with Gasteiger partial charge in [-0.2, -0.15) is 10.5 Å². The van der Waals surface area contributed by atoms with E-state index < -0.39 is 28.1 Å². The molecule has 1 saturated heterocycles. The van der Waals surface area contributed by atoms with Crippen LogP contribution in [0.3, 0.4) is 0 Å². The minimum absolute atomic E-state index is 0.543. The van der Waals surface area contributed by atoms with Crippen molar-refractivity contribution in [3.8, 4) is 12.1 Å². The Balaban J connectivity index is 1.94. The Morgan fingerprint density at radius 1 is 0.696 bits per heavy atom. The molecule has 2 atom stereocenters. The Morgan fingerprint density at radius 3 is 1.39 bits per heavy atom. The molecule has 2 aliphatic carbocycles. The molecule has 0 aromatic carbocycles. The van der Waals surface area contributed by atoms with E-state index in [1.165, 1.54) is 19.3 Å². The molecule has 0 aromatic rings. The minimum atomic E-state index is -1.45. The van der Waals surface area contributed by atoms with Gasteiger partial charge in [-0.15, -0.1) is 0 Å². The van der Waals surface area contributed by atoms with Gasteiger partial charge in [0.05, 0.1) is 12.1 Å². The van der Waals surface area contributed by atoms with Crippen LogP contribution in [0.2, 0.25) is 0 Å². The Labute approximate surface area is 137 Å². The van der Waals surface area contributed by atoms with E-state index >= 15 is 0 Å². The van der Waals surface area contributed by atoms with Crippen molar-refractivity contribution in [2.75, 3.05) is 0 Å². The molecule has 2 amide bonds. The third kappa shape index (κ3) is 1.77. The van der Waals surface area contributed by atoms with Crippen LogP contribution in [0.5, 0.6) is 0 Å². The molecule has 1 aliphatic heterocycles. The third-order valence-electron chi connectivity index (χ3n) is 6.39. The Morgan fingerprint density at radius 2 is 1.04 bits per heavy atom. The van der Waals surface area contributed by atoms with E-state index in [-0.39, 0.29) is 0 Å². The SMILES string of the molecule is N#C[C@@]12C(=O)NC(=O)[C@]1(C#N)C21CCCCCCCCCCC1. The molecule has 1 spiro atoms. The van der Waals surface area contributed by atoms with Gasteiger partial charge in [-0.25, -0.2) is 0 Å². The highest BCUT2D eigenvalue weighted by atomic mass is 16.2. The van der Waals surface area contributed by atoms with Gasteiger partial charge in [-0.1, -0.05) is 57.8 Å². The van der Waals surface area contributed by atoms with Crippen molar-refractivity contribution in [2.45, 2.75) is 70.6 Å². The standard InChI is InChI=1S/C18H23N3O2/c19-12-17-14(22)21-15(23)18(17,13-20)16(17)10-8-6-4-2-1-3-5-7-9-11-16/h1-11H2,(H,21,22,23)/t17-,18+. The second-order valence-corrected chi connectivity index (χ2v) is 7.27. The largest absolute Gasteiger partial charge is 0.293 e. The zero-order valence-electron chi connectivity index (χ0n) is 13.5. The quantitative estimate of drug-likeness (QED) is 0.696. The second-order valence-electron chi connectivity index (χ2n) is 7.27. The lowest BCUT2D eigenvalue weighted by Gasteiger charge is -2.23. The van der Waals surface area contributed by atoms with Crippen LogP contribution in [0, 0.1) is 38.9 Å². The summed E-state index contributed by atoms with van der Waals surface area (Å²) in [6.45, 7) is 0. The fourth-order valence-corrected chi connectivity index (χ4v) is 5.21. The first-order valence-electron chi connectivity index (χ1n) is 8.81. The highest BCUT2D eigenvalue weighted by Crippen LogP contribution is 2.83. The van der Waals surface area contributed by atoms with Crippen LogP contribution in [0.4, 0.5) is 0 Å².